The number of hydrogen-bond acceptors (Lipinski definition) is 5. The van der Waals surface area contributed by atoms with Crippen molar-refractivity contribution in [1.29, 1.82) is 0 Å². The van der Waals surface area contributed by atoms with Gasteiger partial charge in [-0.15, -0.1) is 0 Å². The third-order valence-corrected chi connectivity index (χ3v) is 4.10. The molecule has 0 atom stereocenters. The van der Waals surface area contributed by atoms with Crippen molar-refractivity contribution in [2.24, 2.45) is 0 Å². The van der Waals surface area contributed by atoms with Crippen molar-refractivity contribution in [1.82, 2.24) is 4.90 Å². The minimum atomic E-state index is -0.433. The predicted molar refractivity (Wildman–Crippen MR) is 89.3 cm³/mol. The van der Waals surface area contributed by atoms with Gasteiger partial charge >= 0.3 is 0 Å². The van der Waals surface area contributed by atoms with E-state index in [0.717, 1.165) is 29.5 Å². The summed E-state index contributed by atoms with van der Waals surface area (Å²) in [7, 11) is 1.53. The maximum Gasteiger partial charge on any atom is 0.294 e. The van der Waals surface area contributed by atoms with Crippen LogP contribution in [0.15, 0.2) is 35.2 Å². The SMILES string of the molecule is CCC/C=C1\SC(=O)N(CC(=O)Nc2cccc(OC)c2)C1=O. The summed E-state index contributed by atoms with van der Waals surface area (Å²) < 4.78 is 5.07. The molecule has 1 aromatic rings. The molecule has 7 heteroatoms. The van der Waals surface area contributed by atoms with Gasteiger partial charge in [0.2, 0.25) is 5.91 Å². The molecule has 0 unspecified atom stereocenters. The van der Waals surface area contributed by atoms with Crippen LogP contribution in [0, 0.1) is 0 Å². The molecule has 6 nitrogen and oxygen atoms in total. The van der Waals surface area contributed by atoms with Crippen LogP contribution >= 0.6 is 11.8 Å². The summed E-state index contributed by atoms with van der Waals surface area (Å²) >= 11 is 0.875. The molecule has 1 fully saturated rings. The molecule has 1 aliphatic heterocycles. The fourth-order valence-electron chi connectivity index (χ4n) is 1.99. The molecular formula is C16H18N2O4S. The number of imide groups is 1. The first kappa shape index (κ1) is 17.1. The Morgan fingerprint density at radius 1 is 1.39 bits per heavy atom. The van der Waals surface area contributed by atoms with Gasteiger partial charge in [-0.05, 0) is 30.3 Å². The van der Waals surface area contributed by atoms with Gasteiger partial charge in [0, 0.05) is 11.8 Å². The Morgan fingerprint density at radius 3 is 2.87 bits per heavy atom. The molecule has 0 aromatic heterocycles. The molecule has 3 amide bonds. The first-order chi connectivity index (χ1) is 11.0. The quantitative estimate of drug-likeness (QED) is 0.809. The largest absolute Gasteiger partial charge is 0.497 e. The van der Waals surface area contributed by atoms with Crippen LogP contribution < -0.4 is 10.1 Å². The van der Waals surface area contributed by atoms with Gasteiger partial charge in [0.1, 0.15) is 12.3 Å². The molecule has 1 heterocycles. The molecule has 0 aliphatic carbocycles. The zero-order valence-corrected chi connectivity index (χ0v) is 13.8. The predicted octanol–water partition coefficient (Wildman–Crippen LogP) is 3.01. The fraction of sp³-hybridized carbons (Fsp3) is 0.312. The number of carbonyl (C=O) groups excluding carboxylic acids is 3. The number of ether oxygens (including phenoxy) is 1. The lowest BCUT2D eigenvalue weighted by Gasteiger charge is -2.12. The van der Waals surface area contributed by atoms with Crippen molar-refractivity contribution in [2.75, 3.05) is 19.0 Å². The molecule has 0 bridgehead atoms. The number of rotatable bonds is 6. The van der Waals surface area contributed by atoms with Crippen molar-refractivity contribution in [3.63, 3.8) is 0 Å². The molecule has 0 saturated carbocycles. The number of benzene rings is 1. The number of unbranched alkanes of at least 4 members (excludes halogenated alkanes) is 1. The number of nitrogens with one attached hydrogen (secondary N) is 1. The highest BCUT2D eigenvalue weighted by atomic mass is 32.2. The van der Waals surface area contributed by atoms with Crippen LogP contribution in [0.25, 0.3) is 0 Å². The van der Waals surface area contributed by atoms with E-state index in [1.807, 2.05) is 6.92 Å². The molecule has 2 rings (SSSR count). The fourth-order valence-corrected chi connectivity index (χ4v) is 2.84. The number of carbonyl (C=O) groups is 3. The van der Waals surface area contributed by atoms with Crippen LogP contribution in [-0.4, -0.2) is 35.6 Å². The molecule has 1 saturated heterocycles. The normalized spacial score (nSPS) is 16.1. The Hall–Kier alpha value is -2.28. The summed E-state index contributed by atoms with van der Waals surface area (Å²) in [5.41, 5.74) is 0.544. The van der Waals surface area contributed by atoms with E-state index in [4.69, 9.17) is 4.74 Å². The minimum Gasteiger partial charge on any atom is -0.497 e. The van der Waals surface area contributed by atoms with Crippen LogP contribution in [-0.2, 0) is 9.59 Å². The number of nitrogens with zero attached hydrogens (tertiary/aromatic N) is 1. The lowest BCUT2D eigenvalue weighted by molar-refractivity contribution is -0.127. The third kappa shape index (κ3) is 4.35. The van der Waals surface area contributed by atoms with Gasteiger partial charge in [0.05, 0.1) is 12.0 Å². The zero-order valence-electron chi connectivity index (χ0n) is 13.0. The summed E-state index contributed by atoms with van der Waals surface area (Å²) in [6.45, 7) is 1.69. The number of methoxy groups -OCH3 is 1. The second kappa shape index (κ2) is 7.82. The smallest absolute Gasteiger partial charge is 0.294 e. The van der Waals surface area contributed by atoms with Crippen molar-refractivity contribution >= 4 is 34.5 Å². The van der Waals surface area contributed by atoms with E-state index in [1.54, 1.807) is 30.3 Å². The Morgan fingerprint density at radius 2 is 2.17 bits per heavy atom. The van der Waals surface area contributed by atoms with E-state index < -0.39 is 17.1 Å². The lowest BCUT2D eigenvalue weighted by atomic mass is 10.3. The summed E-state index contributed by atoms with van der Waals surface area (Å²) in [5, 5.41) is 2.23. The van der Waals surface area contributed by atoms with Crippen molar-refractivity contribution in [3.05, 3.63) is 35.2 Å². The summed E-state index contributed by atoms with van der Waals surface area (Å²) in [4.78, 5) is 37.4. The first-order valence-electron chi connectivity index (χ1n) is 7.23. The average Bonchev–Trinajstić information content (AvgIpc) is 2.80. The summed E-state index contributed by atoms with van der Waals surface area (Å²) in [6, 6.07) is 6.86. The topological polar surface area (TPSA) is 75.7 Å². The monoisotopic (exact) mass is 334 g/mol. The number of amides is 3. The third-order valence-electron chi connectivity index (χ3n) is 3.15. The first-order valence-corrected chi connectivity index (χ1v) is 8.04. The van der Waals surface area contributed by atoms with E-state index in [1.165, 1.54) is 7.11 Å². The maximum atomic E-state index is 12.1. The molecular weight excluding hydrogens is 316 g/mol. The van der Waals surface area contributed by atoms with Gasteiger partial charge in [-0.2, -0.15) is 0 Å². The molecule has 0 radical (unpaired) electrons. The molecule has 0 spiro atoms. The van der Waals surface area contributed by atoms with E-state index in [9.17, 15) is 14.4 Å². The zero-order chi connectivity index (χ0) is 16.8. The number of thioether (sulfide) groups is 1. The Balaban J connectivity index is 1.99. The number of hydrogen-bond donors (Lipinski definition) is 1. The van der Waals surface area contributed by atoms with Gasteiger partial charge in [0.25, 0.3) is 11.1 Å². The Bertz CT molecular complexity index is 657. The van der Waals surface area contributed by atoms with Crippen molar-refractivity contribution in [3.8, 4) is 5.75 Å². The average molecular weight is 334 g/mol. The van der Waals surface area contributed by atoms with E-state index in [-0.39, 0.29) is 6.54 Å². The van der Waals surface area contributed by atoms with E-state index in [2.05, 4.69) is 5.32 Å². The summed E-state index contributed by atoms with van der Waals surface area (Å²) in [6.07, 6.45) is 3.36. The van der Waals surface area contributed by atoms with Gasteiger partial charge in [0.15, 0.2) is 0 Å². The number of allylic oxidation sites excluding steroid dienone is 1. The molecule has 1 aromatic carbocycles. The van der Waals surface area contributed by atoms with E-state index in [0.29, 0.717) is 16.3 Å². The van der Waals surface area contributed by atoms with Crippen LogP contribution in [0.1, 0.15) is 19.8 Å². The molecule has 122 valence electrons. The van der Waals surface area contributed by atoms with Crippen LogP contribution in [0.3, 0.4) is 0 Å². The van der Waals surface area contributed by atoms with Gasteiger partial charge in [-0.25, -0.2) is 0 Å². The van der Waals surface area contributed by atoms with Crippen LogP contribution in [0.5, 0.6) is 5.75 Å². The lowest BCUT2D eigenvalue weighted by Crippen LogP contribution is -2.36. The number of anilines is 1. The van der Waals surface area contributed by atoms with Crippen LogP contribution in [0.4, 0.5) is 10.5 Å². The van der Waals surface area contributed by atoms with Crippen molar-refractivity contribution < 1.29 is 19.1 Å². The standard InChI is InChI=1S/C16H18N2O4S/c1-3-4-8-13-15(20)18(16(21)23-13)10-14(19)17-11-6-5-7-12(9-11)22-2/h5-9H,3-4,10H2,1-2H3,(H,17,19)/b13-8-. The van der Waals surface area contributed by atoms with E-state index >= 15 is 0 Å². The second-order valence-electron chi connectivity index (χ2n) is 4.90. The molecule has 1 aliphatic rings. The summed E-state index contributed by atoms with van der Waals surface area (Å²) in [5.74, 6) is -0.233. The molecule has 1 N–H and O–H groups in total. The maximum absolute atomic E-state index is 12.1. The highest BCUT2D eigenvalue weighted by Crippen LogP contribution is 2.30. The Kier molecular flexibility index (Phi) is 5.81. The Labute approximate surface area is 138 Å². The van der Waals surface area contributed by atoms with Gasteiger partial charge in [-0.1, -0.05) is 25.5 Å². The highest BCUT2D eigenvalue weighted by molar-refractivity contribution is 8.18. The molecule has 23 heavy (non-hydrogen) atoms. The van der Waals surface area contributed by atoms with Gasteiger partial charge < -0.3 is 10.1 Å². The highest BCUT2D eigenvalue weighted by Gasteiger charge is 2.35. The minimum absolute atomic E-state index is 0.300. The van der Waals surface area contributed by atoms with Crippen LogP contribution in [0.2, 0.25) is 0 Å². The van der Waals surface area contributed by atoms with Gasteiger partial charge in [-0.3, -0.25) is 19.3 Å². The van der Waals surface area contributed by atoms with Crippen molar-refractivity contribution in [2.45, 2.75) is 19.8 Å². The second-order valence-corrected chi connectivity index (χ2v) is 5.89.